The van der Waals surface area contributed by atoms with Gasteiger partial charge in [0, 0.05) is 42.3 Å². The van der Waals surface area contributed by atoms with Crippen LogP contribution in [-0.2, 0) is 4.74 Å². The average Bonchev–Trinajstić information content (AvgIpc) is 3.36. The van der Waals surface area contributed by atoms with Gasteiger partial charge in [0.25, 0.3) is 5.91 Å². The lowest BCUT2D eigenvalue weighted by molar-refractivity contribution is 0.0696. The summed E-state index contributed by atoms with van der Waals surface area (Å²) in [5.74, 6) is 0.898. The second-order valence-electron chi connectivity index (χ2n) is 8.98. The molecule has 0 aliphatic carbocycles. The van der Waals surface area contributed by atoms with E-state index in [1.54, 1.807) is 39.9 Å². The molecule has 1 fully saturated rings. The maximum absolute atomic E-state index is 13.4. The van der Waals surface area contributed by atoms with E-state index >= 15 is 0 Å². The smallest absolute Gasteiger partial charge is 0.407 e. The Morgan fingerprint density at radius 3 is 2.70 bits per heavy atom. The van der Waals surface area contributed by atoms with E-state index in [0.29, 0.717) is 49.9 Å². The van der Waals surface area contributed by atoms with E-state index in [1.807, 2.05) is 32.3 Å². The number of thiazole rings is 1. The molecule has 176 valence electrons. The number of carbonyl (C=O) groups excluding carboxylic acids is 2. The molecule has 0 spiro atoms. The first-order valence-corrected chi connectivity index (χ1v) is 11.9. The van der Waals surface area contributed by atoms with Crippen LogP contribution in [0.5, 0.6) is 0 Å². The molecule has 2 N–H and O–H groups in total. The first-order valence-electron chi connectivity index (χ1n) is 11.0. The summed E-state index contributed by atoms with van der Waals surface area (Å²) in [5, 5.41) is 12.5. The molecule has 4 rings (SSSR count). The molecule has 10 nitrogen and oxygen atoms in total. The Kier molecular flexibility index (Phi) is 6.50. The number of rotatable bonds is 5. The third-order valence-electron chi connectivity index (χ3n) is 5.20. The standard InChI is InChI=1S/C22H29N7O3S/c1-5-32-21(31)24-14-6-8-28(9-7-14)19(30)16-12-17(27-22(2,3)4)26-18(25-16)15-13-23-29-10-11-33-20(15)29/h10-14H,5-9H2,1-4H3,(H,24,31)(H,25,26,27). The van der Waals surface area contributed by atoms with E-state index < -0.39 is 6.09 Å². The fourth-order valence-corrected chi connectivity index (χ4v) is 4.53. The lowest BCUT2D eigenvalue weighted by Crippen LogP contribution is -2.46. The quantitative estimate of drug-likeness (QED) is 0.586. The first-order chi connectivity index (χ1) is 15.7. The van der Waals surface area contributed by atoms with Crippen molar-refractivity contribution in [3.63, 3.8) is 0 Å². The van der Waals surface area contributed by atoms with Crippen LogP contribution in [0, 0.1) is 0 Å². The summed E-state index contributed by atoms with van der Waals surface area (Å²) in [4.78, 5) is 37.0. The Hall–Kier alpha value is -3.21. The Morgan fingerprint density at radius 2 is 2.00 bits per heavy atom. The summed E-state index contributed by atoms with van der Waals surface area (Å²) in [6.07, 6.45) is 4.51. The van der Waals surface area contributed by atoms with Crippen molar-refractivity contribution in [1.29, 1.82) is 0 Å². The van der Waals surface area contributed by atoms with E-state index in [2.05, 4.69) is 25.7 Å². The van der Waals surface area contributed by atoms with Gasteiger partial charge in [0.05, 0.1) is 18.4 Å². The summed E-state index contributed by atoms with van der Waals surface area (Å²) in [6.45, 7) is 9.27. The molecule has 1 aliphatic heterocycles. The predicted molar refractivity (Wildman–Crippen MR) is 127 cm³/mol. The number of carbonyl (C=O) groups is 2. The highest BCUT2D eigenvalue weighted by Gasteiger charge is 2.27. The summed E-state index contributed by atoms with van der Waals surface area (Å²) in [6, 6.07) is 1.70. The van der Waals surface area contributed by atoms with E-state index in [-0.39, 0.29) is 17.5 Å². The molecular formula is C22H29N7O3S. The zero-order valence-electron chi connectivity index (χ0n) is 19.3. The Bertz CT molecular complexity index is 1140. The summed E-state index contributed by atoms with van der Waals surface area (Å²) in [5.41, 5.74) is 0.883. The maximum atomic E-state index is 13.4. The molecule has 0 radical (unpaired) electrons. The molecule has 3 aromatic heterocycles. The van der Waals surface area contributed by atoms with E-state index in [9.17, 15) is 9.59 Å². The van der Waals surface area contributed by atoms with Gasteiger partial charge in [-0.1, -0.05) is 0 Å². The number of ether oxygens (including phenoxy) is 1. The van der Waals surface area contributed by atoms with Crippen LogP contribution in [0.4, 0.5) is 10.6 Å². The number of hydrogen-bond acceptors (Lipinski definition) is 8. The van der Waals surface area contributed by atoms with E-state index in [1.165, 1.54) is 0 Å². The molecule has 33 heavy (non-hydrogen) atoms. The van der Waals surface area contributed by atoms with Gasteiger partial charge in [0.1, 0.15) is 16.3 Å². The zero-order chi connectivity index (χ0) is 23.6. The van der Waals surface area contributed by atoms with Crippen LogP contribution in [-0.4, -0.2) is 67.8 Å². The lowest BCUT2D eigenvalue weighted by Gasteiger charge is -2.32. The number of alkyl carbamates (subject to hydrolysis) is 1. The molecule has 3 aromatic rings. The van der Waals surface area contributed by atoms with Crippen molar-refractivity contribution in [2.45, 2.75) is 52.1 Å². The molecule has 1 saturated heterocycles. The van der Waals surface area contributed by atoms with Gasteiger partial charge in [-0.25, -0.2) is 19.3 Å². The van der Waals surface area contributed by atoms with E-state index in [0.717, 1.165) is 10.4 Å². The molecule has 0 saturated carbocycles. The normalized spacial score (nSPS) is 15.0. The first kappa shape index (κ1) is 23.0. The Balaban J connectivity index is 1.56. The summed E-state index contributed by atoms with van der Waals surface area (Å²) in [7, 11) is 0. The monoisotopic (exact) mass is 471 g/mol. The highest BCUT2D eigenvalue weighted by atomic mass is 32.1. The number of hydrogen-bond donors (Lipinski definition) is 2. The van der Waals surface area contributed by atoms with Crippen LogP contribution in [0.1, 0.15) is 51.0 Å². The van der Waals surface area contributed by atoms with Crippen molar-refractivity contribution in [3.8, 4) is 11.4 Å². The molecular weight excluding hydrogens is 442 g/mol. The van der Waals surface area contributed by atoms with Crippen LogP contribution in [0.3, 0.4) is 0 Å². The third kappa shape index (κ3) is 5.41. The Labute approximate surface area is 196 Å². The van der Waals surface area contributed by atoms with Gasteiger partial charge in [-0.3, -0.25) is 4.79 Å². The molecule has 11 heteroatoms. The van der Waals surface area contributed by atoms with Gasteiger partial charge >= 0.3 is 6.09 Å². The molecule has 0 aromatic carbocycles. The number of aromatic nitrogens is 4. The number of nitrogens with one attached hydrogen (secondary N) is 2. The van der Waals surface area contributed by atoms with Gasteiger partial charge in [0.15, 0.2) is 5.82 Å². The number of amides is 2. The summed E-state index contributed by atoms with van der Waals surface area (Å²) < 4.78 is 6.73. The fourth-order valence-electron chi connectivity index (χ4n) is 3.73. The number of fused-ring (bicyclic) bond motifs is 1. The SMILES string of the molecule is CCOC(=O)NC1CCN(C(=O)c2cc(NC(C)(C)C)nc(-c3cnn4ccsc34)n2)CC1. The fraction of sp³-hybridized carbons (Fsp3) is 0.500. The summed E-state index contributed by atoms with van der Waals surface area (Å²) >= 11 is 1.55. The van der Waals surface area contributed by atoms with Gasteiger partial charge in [-0.05, 0) is 40.5 Å². The van der Waals surface area contributed by atoms with Crippen molar-refractivity contribution in [2.75, 3.05) is 25.0 Å². The minimum absolute atomic E-state index is 0.00768. The van der Waals surface area contributed by atoms with Crippen LogP contribution in [0.2, 0.25) is 0 Å². The predicted octanol–water partition coefficient (Wildman–Crippen LogP) is 3.41. The molecule has 0 atom stereocenters. The largest absolute Gasteiger partial charge is 0.450 e. The number of piperidine rings is 1. The van der Waals surface area contributed by atoms with Gasteiger partial charge in [-0.2, -0.15) is 5.10 Å². The topological polar surface area (TPSA) is 114 Å². The van der Waals surface area contributed by atoms with Gasteiger partial charge < -0.3 is 20.3 Å². The number of likely N-dealkylation sites (tertiary alicyclic amines) is 1. The molecule has 0 bridgehead atoms. The molecule has 1 aliphatic rings. The van der Waals surface area contributed by atoms with E-state index in [4.69, 9.17) is 4.74 Å². The van der Waals surface area contributed by atoms with Crippen LogP contribution in [0.15, 0.2) is 23.8 Å². The van der Waals surface area contributed by atoms with Crippen molar-refractivity contribution < 1.29 is 14.3 Å². The van der Waals surface area contributed by atoms with Crippen molar-refractivity contribution in [2.24, 2.45) is 0 Å². The van der Waals surface area contributed by atoms with Crippen LogP contribution >= 0.6 is 11.3 Å². The zero-order valence-corrected chi connectivity index (χ0v) is 20.1. The molecule has 4 heterocycles. The Morgan fingerprint density at radius 1 is 1.24 bits per heavy atom. The second-order valence-corrected chi connectivity index (χ2v) is 9.87. The maximum Gasteiger partial charge on any atom is 0.407 e. The van der Waals surface area contributed by atoms with Crippen LogP contribution in [0.25, 0.3) is 16.2 Å². The minimum atomic E-state index is -0.415. The average molecular weight is 472 g/mol. The van der Waals surface area contributed by atoms with Gasteiger partial charge in [-0.15, -0.1) is 11.3 Å². The molecule has 2 amide bonds. The number of anilines is 1. The lowest BCUT2D eigenvalue weighted by atomic mass is 10.0. The minimum Gasteiger partial charge on any atom is -0.450 e. The highest BCUT2D eigenvalue weighted by molar-refractivity contribution is 7.16. The van der Waals surface area contributed by atoms with Gasteiger partial charge in [0.2, 0.25) is 0 Å². The third-order valence-corrected chi connectivity index (χ3v) is 6.09. The molecule has 0 unspecified atom stereocenters. The van der Waals surface area contributed by atoms with Crippen molar-refractivity contribution in [3.05, 3.63) is 29.5 Å². The highest BCUT2D eigenvalue weighted by Crippen LogP contribution is 2.27. The van der Waals surface area contributed by atoms with Crippen molar-refractivity contribution >= 4 is 34.0 Å². The second kappa shape index (κ2) is 9.34. The van der Waals surface area contributed by atoms with Crippen molar-refractivity contribution in [1.82, 2.24) is 29.8 Å². The van der Waals surface area contributed by atoms with Crippen LogP contribution < -0.4 is 10.6 Å². The number of nitrogens with zero attached hydrogens (tertiary/aromatic N) is 5.